The van der Waals surface area contributed by atoms with Gasteiger partial charge in [-0.15, -0.1) is 0 Å². The van der Waals surface area contributed by atoms with E-state index in [4.69, 9.17) is 4.74 Å². The van der Waals surface area contributed by atoms with E-state index in [1.54, 1.807) is 13.8 Å². The third-order valence-corrected chi connectivity index (χ3v) is 5.46. The molecule has 1 aliphatic rings. The lowest BCUT2D eigenvalue weighted by Gasteiger charge is -2.33. The normalized spacial score (nSPS) is 25.1. The summed E-state index contributed by atoms with van der Waals surface area (Å²) >= 11 is 0. The Balaban J connectivity index is 2.67. The van der Waals surface area contributed by atoms with Crippen LogP contribution < -0.4 is 5.32 Å². The van der Waals surface area contributed by atoms with Gasteiger partial charge in [-0.3, -0.25) is 4.79 Å². The maximum Gasteiger partial charge on any atom is 0.312 e. The lowest BCUT2D eigenvalue weighted by atomic mass is 9.90. The van der Waals surface area contributed by atoms with Crippen LogP contribution in [0.3, 0.4) is 0 Å². The van der Waals surface area contributed by atoms with Gasteiger partial charge in [0, 0.05) is 18.8 Å². The Hall–Kier alpha value is -0.620. The Morgan fingerprint density at radius 2 is 1.89 bits per heavy atom. The zero-order valence-electron chi connectivity index (χ0n) is 12.2. The molecule has 1 rings (SSSR count). The van der Waals surface area contributed by atoms with E-state index in [9.17, 15) is 13.2 Å². The van der Waals surface area contributed by atoms with Gasteiger partial charge in [-0.25, -0.2) is 8.42 Å². The molecule has 0 saturated heterocycles. The molecule has 0 aromatic carbocycles. The van der Waals surface area contributed by atoms with Gasteiger partial charge in [0.1, 0.15) is 0 Å². The number of hydrogen-bond acceptors (Lipinski definition) is 5. The monoisotopic (exact) mass is 291 g/mol. The summed E-state index contributed by atoms with van der Waals surface area (Å²) in [5.41, 5.74) is -0.645. The van der Waals surface area contributed by atoms with E-state index in [-0.39, 0.29) is 17.3 Å². The fraction of sp³-hybridized carbons (Fsp3) is 0.923. The van der Waals surface area contributed by atoms with E-state index in [2.05, 4.69) is 5.32 Å². The SMILES string of the molecule is COC(=O)C(C)(C)CNC1CCCCC1S(C)(=O)=O. The number of hydrogen-bond donors (Lipinski definition) is 1. The highest BCUT2D eigenvalue weighted by Crippen LogP contribution is 2.25. The molecule has 5 nitrogen and oxygen atoms in total. The van der Waals surface area contributed by atoms with E-state index in [0.717, 1.165) is 19.3 Å². The van der Waals surface area contributed by atoms with Crippen molar-refractivity contribution in [1.29, 1.82) is 0 Å². The fourth-order valence-corrected chi connectivity index (χ4v) is 4.00. The fourth-order valence-electron chi connectivity index (χ4n) is 2.58. The van der Waals surface area contributed by atoms with Gasteiger partial charge in [0.2, 0.25) is 0 Å². The number of esters is 1. The van der Waals surface area contributed by atoms with Crippen molar-refractivity contribution in [2.24, 2.45) is 5.41 Å². The Labute approximate surface area is 116 Å². The Morgan fingerprint density at radius 3 is 2.42 bits per heavy atom. The summed E-state index contributed by atoms with van der Waals surface area (Å²) in [6.45, 7) is 4.02. The molecule has 0 radical (unpaired) electrons. The minimum atomic E-state index is -3.05. The van der Waals surface area contributed by atoms with Crippen LogP contribution in [0.4, 0.5) is 0 Å². The van der Waals surface area contributed by atoms with Gasteiger partial charge in [0.25, 0.3) is 0 Å². The summed E-state index contributed by atoms with van der Waals surface area (Å²) in [6.07, 6.45) is 4.83. The van der Waals surface area contributed by atoms with Crippen LogP contribution in [0.2, 0.25) is 0 Å². The molecule has 2 unspecified atom stereocenters. The molecule has 19 heavy (non-hydrogen) atoms. The van der Waals surface area contributed by atoms with Crippen molar-refractivity contribution in [2.75, 3.05) is 19.9 Å². The smallest absolute Gasteiger partial charge is 0.312 e. The zero-order valence-corrected chi connectivity index (χ0v) is 13.0. The van der Waals surface area contributed by atoms with E-state index >= 15 is 0 Å². The van der Waals surface area contributed by atoms with Crippen molar-refractivity contribution >= 4 is 15.8 Å². The van der Waals surface area contributed by atoms with Crippen molar-refractivity contribution in [3.63, 3.8) is 0 Å². The van der Waals surface area contributed by atoms with Gasteiger partial charge in [0.15, 0.2) is 9.84 Å². The second-order valence-corrected chi connectivity index (χ2v) is 8.28. The number of ether oxygens (including phenoxy) is 1. The van der Waals surface area contributed by atoms with Gasteiger partial charge in [-0.05, 0) is 26.7 Å². The van der Waals surface area contributed by atoms with Crippen molar-refractivity contribution in [1.82, 2.24) is 5.32 Å². The molecule has 0 bridgehead atoms. The molecule has 1 saturated carbocycles. The lowest BCUT2D eigenvalue weighted by molar-refractivity contribution is -0.150. The Morgan fingerprint density at radius 1 is 1.32 bits per heavy atom. The first-order chi connectivity index (χ1) is 8.68. The van der Waals surface area contributed by atoms with E-state index in [1.807, 2.05) is 0 Å². The number of sulfone groups is 1. The minimum absolute atomic E-state index is 0.0623. The zero-order chi connectivity index (χ0) is 14.7. The summed E-state index contributed by atoms with van der Waals surface area (Å²) in [4.78, 5) is 11.6. The first kappa shape index (κ1) is 16.4. The molecule has 112 valence electrons. The number of nitrogens with one attached hydrogen (secondary N) is 1. The topological polar surface area (TPSA) is 72.5 Å². The van der Waals surface area contributed by atoms with Crippen LogP contribution in [-0.2, 0) is 19.4 Å². The third kappa shape index (κ3) is 4.45. The minimum Gasteiger partial charge on any atom is -0.469 e. The van der Waals surface area contributed by atoms with Crippen LogP contribution in [0.25, 0.3) is 0 Å². The van der Waals surface area contributed by atoms with Crippen molar-refractivity contribution in [3.05, 3.63) is 0 Å². The molecule has 0 spiro atoms. The second-order valence-electron chi connectivity index (χ2n) is 6.02. The molecular formula is C13H25NO4S. The molecule has 0 aliphatic heterocycles. The van der Waals surface area contributed by atoms with Crippen LogP contribution in [0.1, 0.15) is 39.5 Å². The summed E-state index contributed by atoms with van der Waals surface area (Å²) in [6, 6.07) is -0.0623. The summed E-state index contributed by atoms with van der Waals surface area (Å²) in [5, 5.41) is 2.92. The molecule has 0 heterocycles. The molecule has 2 atom stereocenters. The highest BCUT2D eigenvalue weighted by atomic mass is 32.2. The summed E-state index contributed by atoms with van der Waals surface area (Å²) in [5.74, 6) is -0.285. The van der Waals surface area contributed by atoms with E-state index in [1.165, 1.54) is 13.4 Å². The average molecular weight is 291 g/mol. The average Bonchev–Trinajstić information content (AvgIpc) is 2.34. The standard InChI is InChI=1S/C13H25NO4S/c1-13(2,12(15)18-3)9-14-10-7-5-6-8-11(10)19(4,16)17/h10-11,14H,5-9H2,1-4H3. The van der Waals surface area contributed by atoms with Gasteiger partial charge in [-0.2, -0.15) is 0 Å². The van der Waals surface area contributed by atoms with E-state index in [0.29, 0.717) is 13.0 Å². The number of methoxy groups -OCH3 is 1. The predicted octanol–water partition coefficient (Wildman–Crippen LogP) is 1.13. The van der Waals surface area contributed by atoms with Crippen molar-refractivity contribution in [3.8, 4) is 0 Å². The number of carbonyl (C=O) groups excluding carboxylic acids is 1. The van der Waals surface area contributed by atoms with Crippen LogP contribution in [0, 0.1) is 5.41 Å². The Bertz CT molecular complexity index is 416. The maximum atomic E-state index is 11.8. The molecule has 1 aliphatic carbocycles. The summed E-state index contributed by atoms with van der Waals surface area (Å²) < 4.78 is 28.3. The second kappa shape index (κ2) is 6.22. The van der Waals surface area contributed by atoms with Crippen LogP contribution in [-0.4, -0.2) is 45.6 Å². The maximum absolute atomic E-state index is 11.8. The first-order valence-electron chi connectivity index (χ1n) is 6.69. The van der Waals surface area contributed by atoms with Gasteiger partial charge in [0.05, 0.1) is 17.8 Å². The largest absolute Gasteiger partial charge is 0.469 e. The van der Waals surface area contributed by atoms with Crippen molar-refractivity contribution < 1.29 is 17.9 Å². The van der Waals surface area contributed by atoms with Gasteiger partial charge in [-0.1, -0.05) is 12.8 Å². The first-order valence-corrected chi connectivity index (χ1v) is 8.64. The summed E-state index contributed by atoms with van der Waals surface area (Å²) in [7, 11) is -1.68. The highest BCUT2D eigenvalue weighted by Gasteiger charge is 2.35. The quantitative estimate of drug-likeness (QED) is 0.769. The third-order valence-electron chi connectivity index (χ3n) is 3.80. The molecular weight excluding hydrogens is 266 g/mol. The van der Waals surface area contributed by atoms with Crippen LogP contribution >= 0.6 is 0 Å². The molecule has 0 aromatic heterocycles. The number of rotatable bonds is 5. The molecule has 1 N–H and O–H groups in total. The molecule has 1 fully saturated rings. The molecule has 0 aromatic rings. The van der Waals surface area contributed by atoms with Crippen LogP contribution in [0.15, 0.2) is 0 Å². The van der Waals surface area contributed by atoms with Gasteiger partial charge < -0.3 is 10.1 Å². The highest BCUT2D eigenvalue weighted by molar-refractivity contribution is 7.91. The van der Waals surface area contributed by atoms with Crippen molar-refractivity contribution in [2.45, 2.75) is 50.8 Å². The van der Waals surface area contributed by atoms with Gasteiger partial charge >= 0.3 is 5.97 Å². The number of carbonyl (C=O) groups is 1. The predicted molar refractivity (Wildman–Crippen MR) is 74.7 cm³/mol. The Kier molecular flexibility index (Phi) is 5.38. The van der Waals surface area contributed by atoms with Crippen LogP contribution in [0.5, 0.6) is 0 Å². The lowest BCUT2D eigenvalue weighted by Crippen LogP contribution is -2.50. The molecule has 0 amide bonds. The van der Waals surface area contributed by atoms with E-state index < -0.39 is 15.3 Å². The molecule has 6 heteroatoms.